The molecule has 1 aromatic carbocycles. The fourth-order valence-corrected chi connectivity index (χ4v) is 3.90. The molecule has 2 N–H and O–H groups in total. The number of aromatic amines is 1. The van der Waals surface area contributed by atoms with Crippen molar-refractivity contribution in [1.82, 2.24) is 9.71 Å². The van der Waals surface area contributed by atoms with Crippen molar-refractivity contribution in [2.45, 2.75) is 46.1 Å². The first-order valence-electron chi connectivity index (χ1n) is 7.63. The van der Waals surface area contributed by atoms with Gasteiger partial charge >= 0.3 is 0 Å². The Labute approximate surface area is 138 Å². The number of ether oxygens (including phenoxy) is 1. The van der Waals surface area contributed by atoms with Crippen LogP contribution in [0.3, 0.4) is 0 Å². The van der Waals surface area contributed by atoms with Crippen LogP contribution in [0.1, 0.15) is 35.0 Å². The van der Waals surface area contributed by atoms with E-state index in [2.05, 4.69) is 9.71 Å². The Morgan fingerprint density at radius 3 is 2.35 bits per heavy atom. The molecule has 2 aromatic rings. The van der Waals surface area contributed by atoms with E-state index in [1.54, 1.807) is 19.1 Å². The Hall–Kier alpha value is -1.79. The minimum absolute atomic E-state index is 0.268. The fraction of sp³-hybridized carbons (Fsp3) is 0.412. The summed E-state index contributed by atoms with van der Waals surface area (Å²) >= 11 is 0. The molecule has 0 aliphatic heterocycles. The largest absolute Gasteiger partial charge is 0.494 e. The lowest BCUT2D eigenvalue weighted by molar-refractivity contribution is 0.337. The van der Waals surface area contributed by atoms with E-state index in [1.165, 1.54) is 0 Å². The predicted molar refractivity (Wildman–Crippen MR) is 91.4 cm³/mol. The van der Waals surface area contributed by atoms with E-state index in [4.69, 9.17) is 4.74 Å². The van der Waals surface area contributed by atoms with Crippen molar-refractivity contribution in [1.29, 1.82) is 0 Å². The molecule has 6 heteroatoms. The maximum absolute atomic E-state index is 12.6. The number of rotatable bonds is 6. The van der Waals surface area contributed by atoms with Crippen LogP contribution in [0.15, 0.2) is 23.1 Å². The molecule has 0 bridgehead atoms. The van der Waals surface area contributed by atoms with Gasteiger partial charge in [-0.3, -0.25) is 0 Å². The van der Waals surface area contributed by atoms with Crippen molar-refractivity contribution < 1.29 is 13.2 Å². The fourth-order valence-electron chi connectivity index (χ4n) is 2.58. The number of hydrogen-bond donors (Lipinski definition) is 2. The Morgan fingerprint density at radius 1 is 1.09 bits per heavy atom. The summed E-state index contributed by atoms with van der Waals surface area (Å²) in [5.74, 6) is 0.723. The van der Waals surface area contributed by atoms with E-state index >= 15 is 0 Å². The third kappa shape index (κ3) is 3.95. The first-order valence-corrected chi connectivity index (χ1v) is 9.11. The van der Waals surface area contributed by atoms with Crippen LogP contribution in [0.5, 0.6) is 5.75 Å². The zero-order chi connectivity index (χ0) is 17.2. The van der Waals surface area contributed by atoms with Gasteiger partial charge in [0, 0.05) is 17.9 Å². The quantitative estimate of drug-likeness (QED) is 0.851. The molecule has 0 radical (unpaired) electrons. The molecule has 0 aliphatic carbocycles. The molecule has 23 heavy (non-hydrogen) atoms. The van der Waals surface area contributed by atoms with Gasteiger partial charge in [-0.25, -0.2) is 13.1 Å². The number of aromatic nitrogens is 1. The lowest BCUT2D eigenvalue weighted by Gasteiger charge is -2.13. The zero-order valence-corrected chi connectivity index (χ0v) is 15.1. The van der Waals surface area contributed by atoms with Crippen molar-refractivity contribution >= 4 is 10.0 Å². The summed E-state index contributed by atoms with van der Waals surface area (Å²) in [5, 5.41) is 0. The van der Waals surface area contributed by atoms with Gasteiger partial charge in [0.25, 0.3) is 0 Å². The molecular weight excluding hydrogens is 312 g/mol. The Bertz CT molecular complexity index is 807. The average molecular weight is 336 g/mol. The summed E-state index contributed by atoms with van der Waals surface area (Å²) in [5.41, 5.74) is 4.43. The normalized spacial score (nSPS) is 11.7. The van der Waals surface area contributed by atoms with Gasteiger partial charge in [0.15, 0.2) is 0 Å². The molecule has 0 aliphatic rings. The van der Waals surface area contributed by atoms with E-state index in [0.29, 0.717) is 17.1 Å². The molecule has 2 rings (SSSR count). The summed E-state index contributed by atoms with van der Waals surface area (Å²) < 4.78 is 33.4. The average Bonchev–Trinajstić information content (AvgIpc) is 2.78. The van der Waals surface area contributed by atoms with Crippen LogP contribution in [0, 0.1) is 27.7 Å². The van der Waals surface area contributed by atoms with Crippen LogP contribution in [-0.2, 0) is 16.6 Å². The molecule has 5 nitrogen and oxygen atoms in total. The van der Waals surface area contributed by atoms with Gasteiger partial charge in [-0.05, 0) is 69.5 Å². The lowest BCUT2D eigenvalue weighted by atomic mass is 10.1. The predicted octanol–water partition coefficient (Wildman–Crippen LogP) is 3.13. The van der Waals surface area contributed by atoms with Gasteiger partial charge in [0.2, 0.25) is 10.0 Å². The van der Waals surface area contributed by atoms with Crippen LogP contribution < -0.4 is 9.46 Å². The summed E-state index contributed by atoms with van der Waals surface area (Å²) in [6, 6.07) is 5.39. The Balaban J connectivity index is 2.25. The van der Waals surface area contributed by atoms with Crippen LogP contribution in [0.2, 0.25) is 0 Å². The zero-order valence-electron chi connectivity index (χ0n) is 14.3. The van der Waals surface area contributed by atoms with E-state index in [0.717, 1.165) is 28.3 Å². The highest BCUT2D eigenvalue weighted by atomic mass is 32.2. The first kappa shape index (κ1) is 17.6. The van der Waals surface area contributed by atoms with E-state index < -0.39 is 10.0 Å². The monoisotopic (exact) mass is 336 g/mol. The summed E-state index contributed by atoms with van der Waals surface area (Å²) in [7, 11) is -3.57. The Morgan fingerprint density at radius 2 is 1.78 bits per heavy atom. The Kier molecular flexibility index (Phi) is 5.16. The number of aryl methyl sites for hydroxylation is 4. The molecule has 0 saturated carbocycles. The molecule has 0 atom stereocenters. The molecule has 0 fully saturated rings. The van der Waals surface area contributed by atoms with Gasteiger partial charge in [-0.15, -0.1) is 0 Å². The molecule has 0 saturated heterocycles. The number of hydrogen-bond acceptors (Lipinski definition) is 3. The maximum Gasteiger partial charge on any atom is 0.241 e. The van der Waals surface area contributed by atoms with Gasteiger partial charge in [0.05, 0.1) is 11.5 Å². The second-order valence-electron chi connectivity index (χ2n) is 5.74. The second-order valence-corrected chi connectivity index (χ2v) is 7.48. The van der Waals surface area contributed by atoms with Crippen molar-refractivity contribution in [3.63, 3.8) is 0 Å². The molecule has 1 heterocycles. The molecule has 1 aromatic heterocycles. The summed E-state index contributed by atoms with van der Waals surface area (Å²) in [4.78, 5) is 3.47. The molecule has 126 valence electrons. The standard InChI is InChI=1S/C17H24N2O3S/c1-6-22-16-7-12(3)17(8-11(16)2)23(20,21)18-10-15-9-13(4)19-14(15)5/h7-9,18-19H,6,10H2,1-5H3. The summed E-state index contributed by atoms with van der Waals surface area (Å²) in [6.45, 7) is 10.2. The van der Waals surface area contributed by atoms with Gasteiger partial charge in [-0.1, -0.05) is 0 Å². The number of nitrogens with one attached hydrogen (secondary N) is 2. The highest BCUT2D eigenvalue weighted by Crippen LogP contribution is 2.26. The van der Waals surface area contributed by atoms with E-state index in [-0.39, 0.29) is 6.54 Å². The maximum atomic E-state index is 12.6. The van der Waals surface area contributed by atoms with Crippen LogP contribution in [0.4, 0.5) is 0 Å². The van der Waals surface area contributed by atoms with E-state index in [9.17, 15) is 8.42 Å². The van der Waals surface area contributed by atoms with Gasteiger partial charge in [0.1, 0.15) is 5.75 Å². The molecular formula is C17H24N2O3S. The highest BCUT2D eigenvalue weighted by molar-refractivity contribution is 7.89. The third-order valence-corrected chi connectivity index (χ3v) is 5.31. The van der Waals surface area contributed by atoms with Crippen molar-refractivity contribution in [3.05, 3.63) is 46.3 Å². The van der Waals surface area contributed by atoms with Crippen molar-refractivity contribution in [3.8, 4) is 5.75 Å². The van der Waals surface area contributed by atoms with Crippen LogP contribution in [-0.4, -0.2) is 20.0 Å². The first-order chi connectivity index (χ1) is 10.7. The molecule has 0 amide bonds. The SMILES string of the molecule is CCOc1cc(C)c(S(=O)(=O)NCc2cc(C)[nH]c2C)cc1C. The van der Waals surface area contributed by atoms with Gasteiger partial charge in [-0.2, -0.15) is 0 Å². The number of sulfonamides is 1. The van der Waals surface area contributed by atoms with Crippen molar-refractivity contribution in [2.24, 2.45) is 0 Å². The number of H-pyrrole nitrogens is 1. The highest BCUT2D eigenvalue weighted by Gasteiger charge is 2.19. The molecule has 0 spiro atoms. The topological polar surface area (TPSA) is 71.2 Å². The smallest absolute Gasteiger partial charge is 0.241 e. The van der Waals surface area contributed by atoms with E-state index in [1.807, 2.05) is 33.8 Å². The number of benzene rings is 1. The minimum Gasteiger partial charge on any atom is -0.494 e. The van der Waals surface area contributed by atoms with Gasteiger partial charge < -0.3 is 9.72 Å². The summed E-state index contributed by atoms with van der Waals surface area (Å²) in [6.07, 6.45) is 0. The lowest BCUT2D eigenvalue weighted by Crippen LogP contribution is -2.24. The second kappa shape index (κ2) is 6.76. The van der Waals surface area contributed by atoms with Crippen LogP contribution in [0.25, 0.3) is 0 Å². The molecule has 0 unspecified atom stereocenters. The minimum atomic E-state index is -3.57. The third-order valence-electron chi connectivity index (χ3n) is 3.77. The van der Waals surface area contributed by atoms with Crippen molar-refractivity contribution in [2.75, 3.05) is 6.61 Å². The van der Waals surface area contributed by atoms with Crippen LogP contribution >= 0.6 is 0 Å².